The SMILES string of the molecule is COc1cccc(CN(C(=O)CN(c2cccc(C)c2)S(C)(=O)=O)C(Cc2ccccc2)C(=O)NC(C)(C)C)c1. The molecule has 9 heteroatoms. The number of anilines is 1. The molecule has 0 aliphatic carbocycles. The Balaban J connectivity index is 2.09. The zero-order valence-electron chi connectivity index (χ0n) is 24.0. The maximum Gasteiger partial charge on any atom is 0.244 e. The molecule has 40 heavy (non-hydrogen) atoms. The molecule has 1 N–H and O–H groups in total. The standard InChI is InChI=1S/C31H39N3O5S/c1-23-12-10-16-26(18-23)34(40(6,37)38)22-29(35)33(21-25-15-11-17-27(19-25)39-5)28(30(36)32-31(2,3)4)20-24-13-8-7-9-14-24/h7-19,28H,20-22H2,1-6H3,(H,32,36). The van der Waals surface area contributed by atoms with Gasteiger partial charge in [0, 0.05) is 18.5 Å². The van der Waals surface area contributed by atoms with E-state index in [2.05, 4.69) is 5.32 Å². The average molecular weight is 566 g/mol. The van der Waals surface area contributed by atoms with E-state index in [-0.39, 0.29) is 18.9 Å². The van der Waals surface area contributed by atoms with E-state index in [1.807, 2.05) is 76.2 Å². The average Bonchev–Trinajstić information content (AvgIpc) is 2.88. The molecule has 0 spiro atoms. The molecular formula is C31H39N3O5S. The first-order chi connectivity index (χ1) is 18.8. The fourth-order valence-electron chi connectivity index (χ4n) is 4.37. The second kappa shape index (κ2) is 13.0. The van der Waals surface area contributed by atoms with Crippen molar-refractivity contribution in [2.75, 3.05) is 24.2 Å². The van der Waals surface area contributed by atoms with Gasteiger partial charge in [-0.1, -0.05) is 54.6 Å². The first-order valence-electron chi connectivity index (χ1n) is 13.1. The summed E-state index contributed by atoms with van der Waals surface area (Å²) in [5.74, 6) is -0.213. The Morgan fingerprint density at radius 2 is 1.57 bits per heavy atom. The number of carbonyl (C=O) groups excluding carboxylic acids is 2. The van der Waals surface area contributed by atoms with Crippen molar-refractivity contribution in [1.82, 2.24) is 10.2 Å². The van der Waals surface area contributed by atoms with Gasteiger partial charge in [0.15, 0.2) is 0 Å². The van der Waals surface area contributed by atoms with Crippen molar-refractivity contribution >= 4 is 27.5 Å². The van der Waals surface area contributed by atoms with E-state index in [9.17, 15) is 18.0 Å². The van der Waals surface area contributed by atoms with Crippen LogP contribution in [-0.2, 0) is 32.6 Å². The van der Waals surface area contributed by atoms with E-state index >= 15 is 0 Å². The third-order valence-electron chi connectivity index (χ3n) is 6.23. The maximum atomic E-state index is 14.1. The van der Waals surface area contributed by atoms with Crippen molar-refractivity contribution in [2.24, 2.45) is 0 Å². The smallest absolute Gasteiger partial charge is 0.244 e. The fraction of sp³-hybridized carbons (Fsp3) is 0.355. The minimum atomic E-state index is -3.82. The summed E-state index contributed by atoms with van der Waals surface area (Å²) < 4.78 is 32.2. The lowest BCUT2D eigenvalue weighted by molar-refractivity contribution is -0.140. The number of benzene rings is 3. The zero-order valence-corrected chi connectivity index (χ0v) is 24.9. The van der Waals surface area contributed by atoms with E-state index < -0.39 is 34.1 Å². The van der Waals surface area contributed by atoms with Gasteiger partial charge in [0.25, 0.3) is 0 Å². The third-order valence-corrected chi connectivity index (χ3v) is 7.37. The first kappa shape index (κ1) is 30.7. The lowest BCUT2D eigenvalue weighted by Crippen LogP contribution is -2.56. The summed E-state index contributed by atoms with van der Waals surface area (Å²) in [4.78, 5) is 29.4. The predicted octanol–water partition coefficient (Wildman–Crippen LogP) is 4.32. The Kier molecular flexibility index (Phi) is 9.98. The molecule has 0 aromatic heterocycles. The lowest BCUT2D eigenvalue weighted by atomic mass is 10.0. The molecule has 3 aromatic carbocycles. The van der Waals surface area contributed by atoms with Crippen LogP contribution in [0.15, 0.2) is 78.9 Å². The van der Waals surface area contributed by atoms with Crippen LogP contribution in [0, 0.1) is 6.92 Å². The second-order valence-corrected chi connectivity index (χ2v) is 12.8. The second-order valence-electron chi connectivity index (χ2n) is 10.9. The Morgan fingerprint density at radius 1 is 0.925 bits per heavy atom. The van der Waals surface area contributed by atoms with Crippen LogP contribution in [0.25, 0.3) is 0 Å². The van der Waals surface area contributed by atoms with Crippen LogP contribution in [-0.4, -0.2) is 56.6 Å². The molecular weight excluding hydrogens is 526 g/mol. The molecule has 1 atom stereocenters. The zero-order chi connectivity index (χ0) is 29.5. The predicted molar refractivity (Wildman–Crippen MR) is 159 cm³/mol. The van der Waals surface area contributed by atoms with Crippen LogP contribution >= 0.6 is 0 Å². The van der Waals surface area contributed by atoms with E-state index in [1.54, 1.807) is 37.4 Å². The van der Waals surface area contributed by atoms with Gasteiger partial charge in [-0.25, -0.2) is 8.42 Å². The van der Waals surface area contributed by atoms with E-state index in [0.29, 0.717) is 11.4 Å². The molecule has 2 amide bonds. The van der Waals surface area contributed by atoms with Gasteiger partial charge in [-0.05, 0) is 68.7 Å². The molecule has 8 nitrogen and oxygen atoms in total. The van der Waals surface area contributed by atoms with E-state index in [0.717, 1.165) is 27.3 Å². The van der Waals surface area contributed by atoms with Crippen LogP contribution in [0.2, 0.25) is 0 Å². The van der Waals surface area contributed by atoms with Crippen molar-refractivity contribution in [3.8, 4) is 5.75 Å². The maximum absolute atomic E-state index is 14.1. The molecule has 0 saturated heterocycles. The van der Waals surface area contributed by atoms with Crippen LogP contribution in [0.3, 0.4) is 0 Å². The monoisotopic (exact) mass is 565 g/mol. The number of sulfonamides is 1. The molecule has 0 aliphatic rings. The molecule has 0 radical (unpaired) electrons. The van der Waals surface area contributed by atoms with Gasteiger partial charge < -0.3 is 15.0 Å². The van der Waals surface area contributed by atoms with Gasteiger partial charge >= 0.3 is 0 Å². The van der Waals surface area contributed by atoms with Gasteiger partial charge in [-0.15, -0.1) is 0 Å². The molecule has 1 unspecified atom stereocenters. The number of rotatable bonds is 11. The Labute approximate surface area is 238 Å². The van der Waals surface area contributed by atoms with E-state index in [1.165, 1.54) is 4.90 Å². The summed E-state index contributed by atoms with van der Waals surface area (Å²) in [7, 11) is -2.26. The topological polar surface area (TPSA) is 96.0 Å². The number of nitrogens with one attached hydrogen (secondary N) is 1. The summed E-state index contributed by atoms with van der Waals surface area (Å²) in [5.41, 5.74) is 2.32. The quantitative estimate of drug-likeness (QED) is 0.374. The van der Waals surface area contributed by atoms with Gasteiger partial charge in [-0.3, -0.25) is 13.9 Å². The van der Waals surface area contributed by atoms with Gasteiger partial charge in [0.2, 0.25) is 21.8 Å². The Morgan fingerprint density at radius 3 is 2.17 bits per heavy atom. The molecule has 0 aliphatic heterocycles. The first-order valence-corrected chi connectivity index (χ1v) is 14.9. The number of aryl methyl sites for hydroxylation is 1. The van der Waals surface area contributed by atoms with Gasteiger partial charge in [0.05, 0.1) is 19.1 Å². The van der Waals surface area contributed by atoms with Crippen LogP contribution < -0.4 is 14.4 Å². The summed E-state index contributed by atoms with van der Waals surface area (Å²) in [6.45, 7) is 7.11. The Hall–Kier alpha value is -3.85. The number of nitrogens with zero attached hydrogens (tertiary/aromatic N) is 2. The number of methoxy groups -OCH3 is 1. The van der Waals surface area contributed by atoms with Crippen molar-refractivity contribution in [3.05, 3.63) is 95.6 Å². The molecule has 0 bridgehead atoms. The largest absolute Gasteiger partial charge is 0.497 e. The number of hydrogen-bond acceptors (Lipinski definition) is 5. The van der Waals surface area contributed by atoms with E-state index in [4.69, 9.17) is 4.74 Å². The summed E-state index contributed by atoms with van der Waals surface area (Å²) >= 11 is 0. The van der Waals surface area contributed by atoms with Crippen molar-refractivity contribution in [3.63, 3.8) is 0 Å². The van der Waals surface area contributed by atoms with Crippen molar-refractivity contribution in [1.29, 1.82) is 0 Å². The van der Waals surface area contributed by atoms with Gasteiger partial charge in [0.1, 0.15) is 18.3 Å². The minimum absolute atomic E-state index is 0.0799. The summed E-state index contributed by atoms with van der Waals surface area (Å²) in [6.07, 6.45) is 1.32. The summed E-state index contributed by atoms with van der Waals surface area (Å²) in [6, 6.07) is 22.8. The van der Waals surface area contributed by atoms with Crippen LogP contribution in [0.1, 0.15) is 37.5 Å². The number of ether oxygens (including phenoxy) is 1. The normalized spacial score (nSPS) is 12.3. The Bertz CT molecular complexity index is 1420. The molecule has 214 valence electrons. The van der Waals surface area contributed by atoms with Crippen LogP contribution in [0.4, 0.5) is 5.69 Å². The fourth-order valence-corrected chi connectivity index (χ4v) is 5.21. The highest BCUT2D eigenvalue weighted by Crippen LogP contribution is 2.22. The minimum Gasteiger partial charge on any atom is -0.497 e. The number of carbonyl (C=O) groups is 2. The highest BCUT2D eigenvalue weighted by Gasteiger charge is 2.34. The molecule has 0 fully saturated rings. The van der Waals surface area contributed by atoms with Crippen LogP contribution in [0.5, 0.6) is 5.75 Å². The summed E-state index contributed by atoms with van der Waals surface area (Å²) in [5, 5.41) is 3.02. The molecule has 3 rings (SSSR count). The van der Waals surface area contributed by atoms with Gasteiger partial charge in [-0.2, -0.15) is 0 Å². The number of amides is 2. The molecule has 0 saturated carbocycles. The van der Waals surface area contributed by atoms with Crippen molar-refractivity contribution in [2.45, 2.75) is 52.2 Å². The molecule has 0 heterocycles. The van der Waals surface area contributed by atoms with Crippen molar-refractivity contribution < 1.29 is 22.7 Å². The number of hydrogen-bond donors (Lipinski definition) is 1. The molecule has 3 aromatic rings. The highest BCUT2D eigenvalue weighted by atomic mass is 32.2. The third kappa shape index (κ3) is 8.84. The lowest BCUT2D eigenvalue weighted by Gasteiger charge is -2.35. The highest BCUT2D eigenvalue weighted by molar-refractivity contribution is 7.92.